The van der Waals surface area contributed by atoms with Crippen LogP contribution in [0.4, 0.5) is 14.5 Å². The lowest BCUT2D eigenvalue weighted by atomic mass is 9.73. The van der Waals surface area contributed by atoms with E-state index in [9.17, 15) is 18.4 Å². The number of anilines is 1. The number of carbonyl (C=O) groups is 2. The highest BCUT2D eigenvalue weighted by Crippen LogP contribution is 2.52. The Kier molecular flexibility index (Phi) is 21.7. The number of aliphatic hydroxyl groups is 1. The number of fused-ring (bicyclic) bond motifs is 1. The molecule has 1 atom stereocenters. The number of rotatable bonds is 19. The number of Topliss-reactive ketones (excluding diaryl/α,β-unsaturated/α-hetero) is 1. The van der Waals surface area contributed by atoms with Gasteiger partial charge in [0, 0.05) is 29.4 Å². The van der Waals surface area contributed by atoms with Crippen LogP contribution in [0.3, 0.4) is 0 Å². The van der Waals surface area contributed by atoms with Gasteiger partial charge in [0.2, 0.25) is 5.91 Å². The number of hydrogen-bond donors (Lipinski definition) is 2. The number of aromatic nitrogens is 2. The number of amides is 1. The van der Waals surface area contributed by atoms with E-state index in [0.717, 1.165) is 72.7 Å². The maximum atomic E-state index is 14.6. The third-order valence-electron chi connectivity index (χ3n) is 11.6. The van der Waals surface area contributed by atoms with Crippen molar-refractivity contribution in [3.8, 4) is 0 Å². The molecule has 0 radical (unpaired) electrons. The first-order chi connectivity index (χ1) is 28.4. The molecule has 1 fully saturated rings. The van der Waals surface area contributed by atoms with Crippen LogP contribution in [0.25, 0.3) is 17.3 Å². The second kappa shape index (κ2) is 25.0. The van der Waals surface area contributed by atoms with Crippen LogP contribution in [0.1, 0.15) is 177 Å². The Balaban J connectivity index is 0.000000701. The summed E-state index contributed by atoms with van der Waals surface area (Å²) in [4.78, 5) is 31.7. The quantitative estimate of drug-likeness (QED) is 0.109. The molecule has 1 aliphatic carbocycles. The van der Waals surface area contributed by atoms with E-state index in [4.69, 9.17) is 10.1 Å². The summed E-state index contributed by atoms with van der Waals surface area (Å²) in [6.45, 7) is 31.2. The average molecular weight is 833 g/mol. The van der Waals surface area contributed by atoms with E-state index in [-0.39, 0.29) is 35.4 Å². The topological polar surface area (TPSA) is 87.5 Å². The first-order valence-corrected chi connectivity index (χ1v) is 22.7. The van der Waals surface area contributed by atoms with Crippen molar-refractivity contribution in [3.63, 3.8) is 0 Å². The van der Waals surface area contributed by atoms with Gasteiger partial charge in [-0.25, -0.2) is 13.8 Å². The molecule has 0 bridgehead atoms. The summed E-state index contributed by atoms with van der Waals surface area (Å²) in [6, 6.07) is 6.67. The van der Waals surface area contributed by atoms with Crippen molar-refractivity contribution in [1.82, 2.24) is 14.9 Å². The van der Waals surface area contributed by atoms with E-state index in [1.165, 1.54) is 45.1 Å². The maximum Gasteiger partial charge on any atom is 0.237 e. The van der Waals surface area contributed by atoms with Crippen LogP contribution in [-0.2, 0) is 15.0 Å². The van der Waals surface area contributed by atoms with Gasteiger partial charge in [0.15, 0.2) is 17.4 Å². The standard InChI is InChI=1S/C38H50F2N4O.C7H16.C6H12O2/c1-10-14-32(35(40)26(8)39)42-27(9)36-33(41-23-43(36)24(5)6)19-25(7)29-15-16-31-34(22-29)44(30-20-28(13-4)21-30)37(45)38(31,17-11-2)18-12-3;1-3-5-7-6-4-2;1-4(2)6(8)5(3)7/h10,14-16,19,22-24,28,30,42H,7-8,11-13,17-18,20-21H2,1-6,9H3;3-7H2,1-2H3;4-5,7H,1-3H3/b14-10-,33-19+,35-32-,36-27-;;. The molecule has 2 N–H and O–H groups in total. The number of ketones is 1. The Morgan fingerprint density at radius 2 is 1.58 bits per heavy atom. The lowest BCUT2D eigenvalue weighted by Crippen LogP contribution is -2.50. The van der Waals surface area contributed by atoms with Crippen molar-refractivity contribution < 1.29 is 23.5 Å². The molecule has 1 unspecified atom stereocenters. The van der Waals surface area contributed by atoms with Crippen LogP contribution >= 0.6 is 0 Å². The Labute approximate surface area is 361 Å². The van der Waals surface area contributed by atoms with Crippen LogP contribution < -0.4 is 20.9 Å². The predicted molar refractivity (Wildman–Crippen MR) is 249 cm³/mol. The zero-order chi connectivity index (χ0) is 45.3. The zero-order valence-corrected chi connectivity index (χ0v) is 39.2. The van der Waals surface area contributed by atoms with E-state index in [1.54, 1.807) is 33.2 Å². The number of benzene rings is 1. The molecule has 0 saturated heterocycles. The lowest BCUT2D eigenvalue weighted by molar-refractivity contribution is -0.129. The van der Waals surface area contributed by atoms with Crippen molar-refractivity contribution in [2.75, 3.05) is 4.90 Å². The van der Waals surface area contributed by atoms with Gasteiger partial charge in [-0.15, -0.1) is 0 Å². The fourth-order valence-corrected chi connectivity index (χ4v) is 8.27. The van der Waals surface area contributed by atoms with E-state index in [0.29, 0.717) is 17.0 Å². The highest BCUT2D eigenvalue weighted by atomic mass is 19.2. The van der Waals surface area contributed by atoms with E-state index in [2.05, 4.69) is 76.2 Å². The average Bonchev–Trinajstić information content (AvgIpc) is 3.71. The molecular formula is C51H78F2N4O3. The van der Waals surface area contributed by atoms with Gasteiger partial charge in [0.25, 0.3) is 0 Å². The molecule has 2 heterocycles. The molecule has 0 spiro atoms. The van der Waals surface area contributed by atoms with Crippen LogP contribution in [0.2, 0.25) is 0 Å². The summed E-state index contributed by atoms with van der Waals surface area (Å²) in [5.74, 6) is -1.39. The summed E-state index contributed by atoms with van der Waals surface area (Å²) in [7, 11) is 0. The number of halogens is 2. The van der Waals surface area contributed by atoms with Gasteiger partial charge in [-0.2, -0.15) is 0 Å². The molecule has 1 aliphatic heterocycles. The smallest absolute Gasteiger partial charge is 0.237 e. The second-order valence-corrected chi connectivity index (χ2v) is 17.2. The number of hydrogen-bond acceptors (Lipinski definition) is 5. The minimum absolute atomic E-state index is 0.0175. The molecule has 7 nitrogen and oxygen atoms in total. The third kappa shape index (κ3) is 13.2. The Morgan fingerprint density at radius 1 is 0.983 bits per heavy atom. The summed E-state index contributed by atoms with van der Waals surface area (Å²) in [5.41, 5.74) is 3.96. The third-order valence-corrected chi connectivity index (χ3v) is 11.6. The number of unbranched alkanes of at least 4 members (excludes halogenated alkanes) is 4. The van der Waals surface area contributed by atoms with Gasteiger partial charge in [-0.1, -0.05) is 131 Å². The number of allylic oxidation sites excluding steroid dienone is 5. The molecule has 4 rings (SSSR count). The molecule has 9 heteroatoms. The largest absolute Gasteiger partial charge is 0.386 e. The Hall–Kier alpha value is -4.11. The fraction of sp³-hybridized carbons (Fsp3) is 0.588. The summed E-state index contributed by atoms with van der Waals surface area (Å²) < 4.78 is 30.3. The van der Waals surface area contributed by atoms with E-state index in [1.807, 2.05) is 31.4 Å². The molecule has 2 aliphatic rings. The van der Waals surface area contributed by atoms with Gasteiger partial charge in [0.1, 0.15) is 6.10 Å². The van der Waals surface area contributed by atoms with Crippen molar-refractivity contribution in [2.45, 2.75) is 184 Å². The lowest BCUT2D eigenvalue weighted by Gasteiger charge is -2.42. The highest BCUT2D eigenvalue weighted by Gasteiger charge is 2.53. The first kappa shape index (κ1) is 52.0. The number of imidazole rings is 1. The molecule has 1 saturated carbocycles. The number of nitrogens with zero attached hydrogens (tertiary/aromatic N) is 3. The summed E-state index contributed by atoms with van der Waals surface area (Å²) in [6.07, 6.45) is 19.8. The Bertz CT molecular complexity index is 1910. The highest BCUT2D eigenvalue weighted by molar-refractivity contribution is 6.09. The predicted octanol–water partition coefficient (Wildman–Crippen LogP) is 11.9. The minimum atomic E-state index is -1.14. The normalized spacial score (nSPS) is 18.6. The SMILES string of the molecule is C=C(F)/C(F)=C(\C=C/C)N/C(C)=c1/c(=C\C(=C)c2ccc3c(c2)N(C2CC(CC)C2)C(=O)C3(CCC)CCC)ncn1C(C)C.CC(C)C(=O)C(C)O.CCCCCCC. The van der Waals surface area contributed by atoms with Crippen molar-refractivity contribution >= 4 is 34.7 Å². The number of aliphatic hydroxyl groups excluding tert-OH is 1. The van der Waals surface area contributed by atoms with Crippen molar-refractivity contribution in [1.29, 1.82) is 0 Å². The molecule has 60 heavy (non-hydrogen) atoms. The van der Waals surface area contributed by atoms with Gasteiger partial charge >= 0.3 is 0 Å². The van der Waals surface area contributed by atoms with E-state index >= 15 is 0 Å². The van der Waals surface area contributed by atoms with Crippen LogP contribution in [-0.4, -0.2) is 38.5 Å². The van der Waals surface area contributed by atoms with Crippen molar-refractivity contribution in [2.24, 2.45) is 11.8 Å². The summed E-state index contributed by atoms with van der Waals surface area (Å²) >= 11 is 0. The maximum absolute atomic E-state index is 14.6. The fourth-order valence-electron chi connectivity index (χ4n) is 8.27. The van der Waals surface area contributed by atoms with Gasteiger partial charge < -0.3 is 19.9 Å². The van der Waals surface area contributed by atoms with Gasteiger partial charge in [-0.05, 0) is 101 Å². The van der Waals surface area contributed by atoms with Gasteiger partial charge in [-0.3, -0.25) is 9.59 Å². The molecular weight excluding hydrogens is 755 g/mol. The minimum Gasteiger partial charge on any atom is -0.386 e. The van der Waals surface area contributed by atoms with Crippen LogP contribution in [0, 0.1) is 11.8 Å². The van der Waals surface area contributed by atoms with E-state index < -0.39 is 23.2 Å². The van der Waals surface area contributed by atoms with Crippen LogP contribution in [0.15, 0.2) is 67.2 Å². The second-order valence-electron chi connectivity index (χ2n) is 17.2. The Morgan fingerprint density at radius 3 is 2.03 bits per heavy atom. The summed E-state index contributed by atoms with van der Waals surface area (Å²) in [5, 5.41) is 13.1. The molecule has 2 aromatic rings. The molecule has 1 amide bonds. The number of carbonyl (C=O) groups excluding carboxylic acids is 2. The molecule has 1 aromatic heterocycles. The first-order valence-electron chi connectivity index (χ1n) is 22.7. The van der Waals surface area contributed by atoms with Crippen molar-refractivity contribution in [3.05, 3.63) is 89.0 Å². The number of nitrogens with one attached hydrogen (secondary N) is 1. The zero-order valence-electron chi connectivity index (χ0n) is 39.2. The monoisotopic (exact) mass is 833 g/mol. The molecule has 1 aromatic carbocycles. The molecule has 334 valence electrons. The van der Waals surface area contributed by atoms with Crippen LogP contribution in [0.5, 0.6) is 0 Å². The van der Waals surface area contributed by atoms with Gasteiger partial charge in [0.05, 0.1) is 28.1 Å².